The van der Waals surface area contributed by atoms with E-state index in [0.717, 1.165) is 36.4 Å². The summed E-state index contributed by atoms with van der Waals surface area (Å²) in [4.78, 5) is 4.40. The van der Waals surface area contributed by atoms with Gasteiger partial charge < -0.3 is 9.15 Å². The number of aromatic nitrogens is 1. The zero-order valence-corrected chi connectivity index (χ0v) is 7.77. The Bertz CT molecular complexity index is 410. The molecule has 0 spiro atoms. The van der Waals surface area contributed by atoms with Crippen molar-refractivity contribution >= 4 is 11.1 Å². The molecule has 1 aliphatic heterocycles. The summed E-state index contributed by atoms with van der Waals surface area (Å²) < 4.78 is 11.1. The third kappa shape index (κ3) is 1.21. The van der Waals surface area contributed by atoms with Crippen molar-refractivity contribution in [2.24, 2.45) is 0 Å². The number of para-hydroxylation sites is 2. The molecule has 3 heteroatoms. The van der Waals surface area contributed by atoms with Crippen LogP contribution in [-0.2, 0) is 4.74 Å². The summed E-state index contributed by atoms with van der Waals surface area (Å²) in [7, 11) is 0. The third-order valence-corrected chi connectivity index (χ3v) is 2.52. The molecule has 1 saturated heterocycles. The van der Waals surface area contributed by atoms with Gasteiger partial charge in [0.1, 0.15) is 11.6 Å². The molecule has 1 aromatic heterocycles. The van der Waals surface area contributed by atoms with Crippen LogP contribution in [0.5, 0.6) is 0 Å². The smallest absolute Gasteiger partial charge is 0.224 e. The second kappa shape index (κ2) is 3.10. The highest BCUT2D eigenvalue weighted by Gasteiger charge is 2.22. The highest BCUT2D eigenvalue weighted by molar-refractivity contribution is 5.72. The second-order valence-electron chi connectivity index (χ2n) is 3.52. The lowest BCUT2D eigenvalue weighted by Gasteiger charge is -2.01. The average Bonchev–Trinajstić information content (AvgIpc) is 2.86. The molecule has 3 rings (SSSR count). The van der Waals surface area contributed by atoms with Gasteiger partial charge in [0.15, 0.2) is 5.58 Å². The molecule has 1 aromatic carbocycles. The van der Waals surface area contributed by atoms with Crippen molar-refractivity contribution in [2.75, 3.05) is 6.61 Å². The molecule has 0 unspecified atom stereocenters. The number of benzene rings is 1. The molecule has 0 saturated carbocycles. The van der Waals surface area contributed by atoms with Crippen LogP contribution >= 0.6 is 0 Å². The van der Waals surface area contributed by atoms with Gasteiger partial charge in [-0.3, -0.25) is 0 Å². The maximum Gasteiger partial charge on any atom is 0.224 e. The molecule has 1 fully saturated rings. The summed E-state index contributed by atoms with van der Waals surface area (Å²) in [6, 6.07) is 7.80. The van der Waals surface area contributed by atoms with E-state index in [2.05, 4.69) is 4.98 Å². The number of fused-ring (bicyclic) bond motifs is 1. The Hall–Kier alpha value is -1.35. The fourth-order valence-corrected chi connectivity index (χ4v) is 1.80. The van der Waals surface area contributed by atoms with Crippen molar-refractivity contribution < 1.29 is 9.15 Å². The minimum absolute atomic E-state index is 0.0717. The van der Waals surface area contributed by atoms with E-state index in [1.54, 1.807) is 0 Å². The van der Waals surface area contributed by atoms with Gasteiger partial charge in [-0.1, -0.05) is 12.1 Å². The SMILES string of the molecule is c1ccc2oc([C@@H]3CCCO3)nc2c1. The van der Waals surface area contributed by atoms with E-state index >= 15 is 0 Å². The largest absolute Gasteiger partial charge is 0.438 e. The Morgan fingerprint density at radius 3 is 3.00 bits per heavy atom. The Morgan fingerprint density at radius 2 is 2.21 bits per heavy atom. The van der Waals surface area contributed by atoms with Crippen molar-refractivity contribution in [1.82, 2.24) is 4.98 Å². The zero-order chi connectivity index (χ0) is 9.38. The summed E-state index contributed by atoms with van der Waals surface area (Å²) in [5.41, 5.74) is 1.76. The fraction of sp³-hybridized carbons (Fsp3) is 0.364. The first-order valence-electron chi connectivity index (χ1n) is 4.90. The molecule has 2 heterocycles. The molecule has 2 aromatic rings. The summed E-state index contributed by atoms with van der Waals surface area (Å²) in [6.07, 6.45) is 2.19. The molecular formula is C11H11NO2. The quantitative estimate of drug-likeness (QED) is 0.691. The third-order valence-electron chi connectivity index (χ3n) is 2.52. The van der Waals surface area contributed by atoms with Crippen molar-refractivity contribution in [3.63, 3.8) is 0 Å². The van der Waals surface area contributed by atoms with Crippen LogP contribution in [-0.4, -0.2) is 11.6 Å². The first-order valence-corrected chi connectivity index (χ1v) is 4.90. The van der Waals surface area contributed by atoms with Crippen LogP contribution in [0.4, 0.5) is 0 Å². The highest BCUT2D eigenvalue weighted by Crippen LogP contribution is 2.29. The number of hydrogen-bond donors (Lipinski definition) is 0. The normalized spacial score (nSPS) is 21.9. The van der Waals surface area contributed by atoms with Crippen LogP contribution in [0.2, 0.25) is 0 Å². The van der Waals surface area contributed by atoms with E-state index in [1.807, 2.05) is 24.3 Å². The molecule has 0 N–H and O–H groups in total. The number of oxazole rings is 1. The van der Waals surface area contributed by atoms with Gasteiger partial charge in [0.05, 0.1) is 0 Å². The van der Waals surface area contributed by atoms with Gasteiger partial charge in [-0.05, 0) is 25.0 Å². The van der Waals surface area contributed by atoms with Crippen molar-refractivity contribution in [3.8, 4) is 0 Å². The van der Waals surface area contributed by atoms with E-state index in [1.165, 1.54) is 0 Å². The lowest BCUT2D eigenvalue weighted by Crippen LogP contribution is -1.94. The molecule has 1 atom stereocenters. The number of hydrogen-bond acceptors (Lipinski definition) is 3. The summed E-state index contributed by atoms with van der Waals surface area (Å²) in [6.45, 7) is 0.823. The van der Waals surface area contributed by atoms with Crippen LogP contribution in [0, 0.1) is 0 Å². The average molecular weight is 189 g/mol. The maximum absolute atomic E-state index is 5.62. The van der Waals surface area contributed by atoms with Crippen LogP contribution in [0.1, 0.15) is 24.8 Å². The molecule has 0 radical (unpaired) electrons. The van der Waals surface area contributed by atoms with E-state index in [4.69, 9.17) is 9.15 Å². The predicted molar refractivity (Wildman–Crippen MR) is 51.9 cm³/mol. The summed E-state index contributed by atoms with van der Waals surface area (Å²) >= 11 is 0. The van der Waals surface area contributed by atoms with Gasteiger partial charge in [0.25, 0.3) is 0 Å². The molecule has 3 nitrogen and oxygen atoms in total. The lowest BCUT2D eigenvalue weighted by atomic mass is 10.2. The van der Waals surface area contributed by atoms with Gasteiger partial charge in [-0.25, -0.2) is 4.98 Å². The van der Waals surface area contributed by atoms with Gasteiger partial charge in [0, 0.05) is 6.61 Å². The van der Waals surface area contributed by atoms with E-state index < -0.39 is 0 Å². The predicted octanol–water partition coefficient (Wildman–Crippen LogP) is 2.68. The number of rotatable bonds is 1. The van der Waals surface area contributed by atoms with Crippen LogP contribution < -0.4 is 0 Å². The van der Waals surface area contributed by atoms with Gasteiger partial charge in [-0.15, -0.1) is 0 Å². The minimum Gasteiger partial charge on any atom is -0.438 e. The first kappa shape index (κ1) is 8.00. The number of ether oxygens (including phenoxy) is 1. The van der Waals surface area contributed by atoms with Crippen LogP contribution in [0.25, 0.3) is 11.1 Å². The summed E-state index contributed by atoms with van der Waals surface area (Å²) in [5.74, 6) is 0.726. The molecular weight excluding hydrogens is 178 g/mol. The topological polar surface area (TPSA) is 35.3 Å². The molecule has 0 aliphatic carbocycles. The van der Waals surface area contributed by atoms with E-state index in [0.29, 0.717) is 0 Å². The van der Waals surface area contributed by atoms with Gasteiger partial charge >= 0.3 is 0 Å². The summed E-state index contributed by atoms with van der Waals surface area (Å²) in [5, 5.41) is 0. The highest BCUT2D eigenvalue weighted by atomic mass is 16.5. The first-order chi connectivity index (χ1) is 6.93. The molecule has 0 bridgehead atoms. The minimum atomic E-state index is 0.0717. The zero-order valence-electron chi connectivity index (χ0n) is 7.77. The lowest BCUT2D eigenvalue weighted by molar-refractivity contribution is 0.0907. The molecule has 1 aliphatic rings. The van der Waals surface area contributed by atoms with Crippen molar-refractivity contribution in [2.45, 2.75) is 18.9 Å². The van der Waals surface area contributed by atoms with E-state index in [-0.39, 0.29) is 6.10 Å². The van der Waals surface area contributed by atoms with Crippen LogP contribution in [0.3, 0.4) is 0 Å². The molecule has 0 amide bonds. The van der Waals surface area contributed by atoms with Gasteiger partial charge in [0.2, 0.25) is 5.89 Å². The van der Waals surface area contributed by atoms with E-state index in [9.17, 15) is 0 Å². The second-order valence-corrected chi connectivity index (χ2v) is 3.52. The Balaban J connectivity index is 2.05. The molecule has 72 valence electrons. The Morgan fingerprint density at radius 1 is 1.29 bits per heavy atom. The van der Waals surface area contributed by atoms with Crippen molar-refractivity contribution in [3.05, 3.63) is 30.2 Å². The number of nitrogens with zero attached hydrogens (tertiary/aromatic N) is 1. The Labute approximate surface area is 81.7 Å². The monoisotopic (exact) mass is 189 g/mol. The van der Waals surface area contributed by atoms with Crippen molar-refractivity contribution in [1.29, 1.82) is 0 Å². The maximum atomic E-state index is 5.62. The standard InChI is InChI=1S/C11H11NO2/c1-2-5-9-8(4-1)12-11(14-9)10-6-3-7-13-10/h1-2,4-5,10H,3,6-7H2/t10-/m0/s1. The fourth-order valence-electron chi connectivity index (χ4n) is 1.80. The molecule has 14 heavy (non-hydrogen) atoms. The Kier molecular flexibility index (Phi) is 1.77. The van der Waals surface area contributed by atoms with Gasteiger partial charge in [-0.2, -0.15) is 0 Å². The van der Waals surface area contributed by atoms with Crippen LogP contribution in [0.15, 0.2) is 28.7 Å².